The summed E-state index contributed by atoms with van der Waals surface area (Å²) in [5, 5.41) is 0. The first-order valence-corrected chi connectivity index (χ1v) is 4.64. The van der Waals surface area contributed by atoms with Crippen LogP contribution in [0.1, 0.15) is 0 Å². The maximum Gasteiger partial charge on any atom is 0.0345 e. The summed E-state index contributed by atoms with van der Waals surface area (Å²) in [6.07, 6.45) is 4.04. The van der Waals surface area contributed by atoms with Crippen molar-refractivity contribution in [1.82, 2.24) is 0 Å². The topological polar surface area (TPSA) is 24.7 Å². The van der Waals surface area contributed by atoms with E-state index >= 15 is 0 Å². The zero-order valence-electron chi connectivity index (χ0n) is 3.71. The Kier molecular flexibility index (Phi) is 1.06. The third kappa shape index (κ3) is 0.680. The Bertz CT molecular complexity index is 104. The first-order valence-electron chi connectivity index (χ1n) is 1.55. The fourth-order valence-corrected chi connectivity index (χ4v) is 2.84. The molecule has 0 aromatic carbocycles. The largest absolute Gasteiger partial charge is 0.162 e. The minimum absolute atomic E-state index is 0.0903. The lowest BCUT2D eigenvalue weighted by molar-refractivity contribution is 1.79. The highest BCUT2D eigenvalue weighted by molar-refractivity contribution is 8.07. The smallest absolute Gasteiger partial charge is 0.0345 e. The van der Waals surface area contributed by atoms with Crippen molar-refractivity contribution >= 4 is 21.8 Å². The molecule has 2 nitrogen and oxygen atoms in total. The van der Waals surface area contributed by atoms with Gasteiger partial charge in [-0.15, -0.1) is 0 Å². The molecule has 4 heteroatoms. The van der Waals surface area contributed by atoms with Gasteiger partial charge in [-0.1, -0.05) is 0 Å². The lowest BCUT2D eigenvalue weighted by Crippen LogP contribution is -1.94. The summed E-state index contributed by atoms with van der Waals surface area (Å²) in [6, 6.07) is 0. The van der Waals surface area contributed by atoms with Crippen molar-refractivity contribution in [2.24, 2.45) is 7.54 Å². The number of rotatable bonds is 0. The summed E-state index contributed by atoms with van der Waals surface area (Å²) >= 11 is 0. The standard InChI is InChI=1S/C2H6N2S2/c1-5-3-6(2)4-5/h1-2H3. The Morgan fingerprint density at radius 1 is 1.00 bits per heavy atom. The summed E-state index contributed by atoms with van der Waals surface area (Å²) in [5.74, 6) is 0. The normalized spacial score (nSPS) is 42.3. The van der Waals surface area contributed by atoms with Crippen molar-refractivity contribution < 1.29 is 0 Å². The third-order valence-corrected chi connectivity index (χ3v) is 3.88. The molecule has 0 saturated carbocycles. The number of hydrogen-bond donors (Lipinski definition) is 0. The predicted octanol–water partition coefficient (Wildman–Crippen LogP) is 0.693. The molecule has 36 valence electrons. The van der Waals surface area contributed by atoms with Crippen LogP contribution < -0.4 is 0 Å². The number of nitrogens with zero attached hydrogens (tertiary/aromatic N) is 2. The monoisotopic (exact) mass is 122 g/mol. The average Bonchev–Trinajstić information content (AvgIpc) is 1.33. The predicted molar refractivity (Wildman–Crippen MR) is 31.4 cm³/mol. The summed E-state index contributed by atoms with van der Waals surface area (Å²) in [6.45, 7) is 0. The second-order valence-electron chi connectivity index (χ2n) is 1.04. The second-order valence-corrected chi connectivity index (χ2v) is 4.02. The molecule has 0 aromatic heterocycles. The van der Waals surface area contributed by atoms with Gasteiger partial charge in [0.15, 0.2) is 0 Å². The molecule has 0 unspecified atom stereocenters. The van der Waals surface area contributed by atoms with Gasteiger partial charge in [-0.05, 0) is 0 Å². The van der Waals surface area contributed by atoms with E-state index in [0.717, 1.165) is 0 Å². The van der Waals surface area contributed by atoms with E-state index in [4.69, 9.17) is 0 Å². The molecule has 1 heterocycles. The molecule has 1 aliphatic rings. The summed E-state index contributed by atoms with van der Waals surface area (Å²) in [7, 11) is 0.181. The van der Waals surface area contributed by atoms with Crippen LogP contribution in [-0.2, 0) is 21.8 Å². The zero-order chi connectivity index (χ0) is 4.57. The Balaban J connectivity index is 2.57. The van der Waals surface area contributed by atoms with E-state index in [2.05, 4.69) is 7.54 Å². The molecule has 0 aromatic rings. The van der Waals surface area contributed by atoms with E-state index in [1.807, 2.05) is 12.5 Å². The molecule has 0 bridgehead atoms. The first kappa shape index (κ1) is 4.46. The van der Waals surface area contributed by atoms with Gasteiger partial charge in [0.1, 0.15) is 0 Å². The van der Waals surface area contributed by atoms with Crippen LogP contribution in [0, 0.1) is 0 Å². The van der Waals surface area contributed by atoms with E-state index in [-0.39, 0.29) is 21.8 Å². The Labute approximate surface area is 42.4 Å². The Morgan fingerprint density at radius 3 is 1.33 bits per heavy atom. The van der Waals surface area contributed by atoms with E-state index in [1.54, 1.807) is 0 Å². The molecule has 0 radical (unpaired) electrons. The molecule has 1 rings (SSSR count). The maximum absolute atomic E-state index is 4.11. The van der Waals surface area contributed by atoms with Crippen LogP contribution in [0.5, 0.6) is 0 Å². The number of hydrogen-bond acceptors (Lipinski definition) is 2. The molecular formula is C2H6N2S2. The van der Waals surface area contributed by atoms with Crippen molar-refractivity contribution in [2.45, 2.75) is 0 Å². The van der Waals surface area contributed by atoms with Gasteiger partial charge in [0.05, 0.1) is 0 Å². The van der Waals surface area contributed by atoms with Gasteiger partial charge >= 0.3 is 0 Å². The minimum atomic E-state index is 0.0903. The van der Waals surface area contributed by atoms with Crippen molar-refractivity contribution in [3.05, 3.63) is 0 Å². The summed E-state index contributed by atoms with van der Waals surface area (Å²) in [4.78, 5) is 0. The van der Waals surface area contributed by atoms with Crippen LogP contribution in [-0.4, -0.2) is 12.5 Å². The van der Waals surface area contributed by atoms with E-state index in [9.17, 15) is 0 Å². The Morgan fingerprint density at radius 2 is 1.33 bits per heavy atom. The molecule has 0 N–H and O–H groups in total. The fraction of sp³-hybridized carbons (Fsp3) is 1.00. The quantitative estimate of drug-likeness (QED) is 0.451. The highest BCUT2D eigenvalue weighted by atomic mass is 32.3. The van der Waals surface area contributed by atoms with Crippen LogP contribution in [0.4, 0.5) is 0 Å². The molecule has 0 atom stereocenters. The molecule has 1 aliphatic heterocycles. The van der Waals surface area contributed by atoms with E-state index in [0.29, 0.717) is 0 Å². The minimum Gasteiger partial charge on any atom is -0.162 e. The SMILES string of the molecule is CS1=NS(C)=N1. The average molecular weight is 122 g/mol. The van der Waals surface area contributed by atoms with Crippen molar-refractivity contribution in [1.29, 1.82) is 0 Å². The Hall–Kier alpha value is 0.300. The second kappa shape index (κ2) is 1.42. The van der Waals surface area contributed by atoms with E-state index in [1.165, 1.54) is 0 Å². The first-order chi connectivity index (χ1) is 2.79. The molecule has 0 spiro atoms. The van der Waals surface area contributed by atoms with Gasteiger partial charge in [-0.2, -0.15) is 7.54 Å². The molecule has 0 aliphatic carbocycles. The van der Waals surface area contributed by atoms with Crippen LogP contribution in [0.3, 0.4) is 0 Å². The molecule has 0 fully saturated rings. The van der Waals surface area contributed by atoms with Gasteiger partial charge in [0, 0.05) is 34.3 Å². The highest BCUT2D eigenvalue weighted by Gasteiger charge is 1.94. The van der Waals surface area contributed by atoms with Crippen LogP contribution in [0.15, 0.2) is 7.54 Å². The van der Waals surface area contributed by atoms with Gasteiger partial charge in [-0.3, -0.25) is 0 Å². The highest BCUT2D eigenvalue weighted by Crippen LogP contribution is 2.03. The van der Waals surface area contributed by atoms with Crippen molar-refractivity contribution in [2.75, 3.05) is 12.5 Å². The van der Waals surface area contributed by atoms with Gasteiger partial charge < -0.3 is 0 Å². The van der Waals surface area contributed by atoms with E-state index < -0.39 is 0 Å². The summed E-state index contributed by atoms with van der Waals surface area (Å²) in [5.41, 5.74) is 0. The molecule has 6 heavy (non-hydrogen) atoms. The van der Waals surface area contributed by atoms with Gasteiger partial charge in [0.2, 0.25) is 0 Å². The van der Waals surface area contributed by atoms with Gasteiger partial charge in [0.25, 0.3) is 0 Å². The van der Waals surface area contributed by atoms with Crippen molar-refractivity contribution in [3.63, 3.8) is 0 Å². The van der Waals surface area contributed by atoms with Crippen LogP contribution in [0.2, 0.25) is 0 Å². The van der Waals surface area contributed by atoms with Crippen molar-refractivity contribution in [3.8, 4) is 0 Å². The third-order valence-electron chi connectivity index (χ3n) is 0.431. The lowest BCUT2D eigenvalue weighted by atomic mass is 12.0. The maximum atomic E-state index is 4.11. The van der Waals surface area contributed by atoms with Crippen LogP contribution >= 0.6 is 0 Å². The van der Waals surface area contributed by atoms with Gasteiger partial charge in [-0.25, -0.2) is 0 Å². The van der Waals surface area contributed by atoms with Crippen LogP contribution in [0.25, 0.3) is 0 Å². The summed E-state index contributed by atoms with van der Waals surface area (Å²) < 4.78 is 8.22. The fourth-order valence-electron chi connectivity index (χ4n) is 0.316. The zero-order valence-corrected chi connectivity index (χ0v) is 5.34. The molecule has 0 amide bonds. The molecule has 0 saturated heterocycles. The molecular weight excluding hydrogens is 116 g/mol. The lowest BCUT2D eigenvalue weighted by Gasteiger charge is -2.02.